The largest absolute Gasteiger partial charge is 0.492 e. The van der Waals surface area contributed by atoms with E-state index in [1.165, 1.54) is 0 Å². The fraction of sp³-hybridized carbons (Fsp3) is 0.200. The highest BCUT2D eigenvalue weighted by Crippen LogP contribution is 2.09. The van der Waals surface area contributed by atoms with Crippen molar-refractivity contribution in [3.8, 4) is 11.8 Å². The Balaban J connectivity index is 2.40. The quantitative estimate of drug-likeness (QED) is 0.677. The molecule has 1 unspecified atom stereocenters. The van der Waals surface area contributed by atoms with E-state index in [1.54, 1.807) is 0 Å². The molecule has 1 aromatic rings. The van der Waals surface area contributed by atoms with Gasteiger partial charge in [0, 0.05) is 0 Å². The molecule has 61 valence electrons. The van der Waals surface area contributed by atoms with Crippen LogP contribution < -0.4 is 4.74 Å². The van der Waals surface area contributed by atoms with Gasteiger partial charge in [-0.25, -0.2) is 0 Å². The highest BCUT2D eigenvalue weighted by molar-refractivity contribution is 5.21. The Hall–Kier alpha value is -1.49. The van der Waals surface area contributed by atoms with Crippen LogP contribution in [-0.2, 0) is 0 Å². The topological polar surface area (TPSA) is 33.0 Å². The van der Waals surface area contributed by atoms with E-state index < -0.39 is 0 Å². The zero-order valence-corrected chi connectivity index (χ0v) is 6.73. The minimum absolute atomic E-state index is 0.301. The Kier molecular flexibility index (Phi) is 3.16. The molecule has 1 radical (unpaired) electrons. The van der Waals surface area contributed by atoms with Crippen molar-refractivity contribution >= 4 is 0 Å². The maximum Gasteiger partial charge on any atom is 0.119 e. The number of para-hydroxylation sites is 1. The van der Waals surface area contributed by atoms with Gasteiger partial charge in [-0.3, -0.25) is 0 Å². The zero-order chi connectivity index (χ0) is 8.81. The molecule has 12 heavy (non-hydrogen) atoms. The highest BCUT2D eigenvalue weighted by Gasteiger charge is 1.99. The smallest absolute Gasteiger partial charge is 0.119 e. The molecule has 0 spiro atoms. The van der Waals surface area contributed by atoms with Crippen LogP contribution in [0.25, 0.3) is 0 Å². The van der Waals surface area contributed by atoms with E-state index in [1.807, 2.05) is 36.4 Å². The number of nitriles is 1. The molecule has 0 aliphatic heterocycles. The summed E-state index contributed by atoms with van der Waals surface area (Å²) in [6, 6.07) is 11.4. The fourth-order valence-corrected chi connectivity index (χ4v) is 0.751. The molecule has 0 N–H and O–H groups in total. The molecule has 1 rings (SSSR count). The predicted octanol–water partition coefficient (Wildman–Crippen LogP) is 2.04. The summed E-state index contributed by atoms with van der Waals surface area (Å²) in [5.41, 5.74) is 0. The lowest BCUT2D eigenvalue weighted by molar-refractivity contribution is 0.298. The maximum absolute atomic E-state index is 8.42. The molecule has 0 fully saturated rings. The van der Waals surface area contributed by atoms with Crippen molar-refractivity contribution in [2.75, 3.05) is 6.61 Å². The van der Waals surface area contributed by atoms with Crippen molar-refractivity contribution in [2.24, 2.45) is 5.92 Å². The molecule has 0 saturated heterocycles. The lowest BCUT2D eigenvalue weighted by atomic mass is 10.2. The van der Waals surface area contributed by atoms with Crippen molar-refractivity contribution in [3.63, 3.8) is 0 Å². The van der Waals surface area contributed by atoms with E-state index in [4.69, 9.17) is 10.00 Å². The van der Waals surface area contributed by atoms with Crippen LogP contribution in [0.1, 0.15) is 0 Å². The summed E-state index contributed by atoms with van der Waals surface area (Å²) < 4.78 is 5.27. The lowest BCUT2D eigenvalue weighted by Gasteiger charge is -2.05. The number of rotatable bonds is 3. The van der Waals surface area contributed by atoms with E-state index in [-0.39, 0.29) is 5.92 Å². The Labute approximate surface area is 72.4 Å². The molecular weight excluding hydrogens is 150 g/mol. The number of ether oxygens (including phenoxy) is 1. The summed E-state index contributed by atoms with van der Waals surface area (Å²) in [5.74, 6) is 0.478. The van der Waals surface area contributed by atoms with Crippen LogP contribution in [0.2, 0.25) is 0 Å². The summed E-state index contributed by atoms with van der Waals surface area (Å²) in [6.45, 7) is 3.93. The summed E-state index contributed by atoms with van der Waals surface area (Å²) in [4.78, 5) is 0. The van der Waals surface area contributed by atoms with Crippen LogP contribution in [0.4, 0.5) is 0 Å². The molecule has 1 atom stereocenters. The third-order valence-electron chi connectivity index (χ3n) is 1.38. The van der Waals surface area contributed by atoms with Gasteiger partial charge in [-0.2, -0.15) is 5.26 Å². The van der Waals surface area contributed by atoms with Crippen molar-refractivity contribution in [3.05, 3.63) is 37.3 Å². The van der Waals surface area contributed by atoms with Crippen molar-refractivity contribution in [2.45, 2.75) is 0 Å². The normalized spacial score (nSPS) is 11.7. The van der Waals surface area contributed by atoms with E-state index in [0.29, 0.717) is 6.61 Å². The van der Waals surface area contributed by atoms with Crippen molar-refractivity contribution in [1.82, 2.24) is 0 Å². The number of nitrogens with zero attached hydrogens (tertiary/aromatic N) is 1. The second kappa shape index (κ2) is 4.40. The first-order chi connectivity index (χ1) is 5.83. The van der Waals surface area contributed by atoms with Crippen LogP contribution in [-0.4, -0.2) is 6.61 Å². The van der Waals surface area contributed by atoms with Gasteiger partial charge >= 0.3 is 0 Å². The van der Waals surface area contributed by atoms with Crippen LogP contribution in [0.5, 0.6) is 5.75 Å². The minimum Gasteiger partial charge on any atom is -0.492 e. The van der Waals surface area contributed by atoms with E-state index in [9.17, 15) is 0 Å². The number of benzene rings is 1. The molecule has 2 nitrogen and oxygen atoms in total. The predicted molar refractivity (Wildman–Crippen MR) is 46.4 cm³/mol. The third kappa shape index (κ3) is 2.63. The van der Waals surface area contributed by atoms with Crippen LogP contribution >= 0.6 is 0 Å². The van der Waals surface area contributed by atoms with Gasteiger partial charge in [0.2, 0.25) is 0 Å². The van der Waals surface area contributed by atoms with Crippen LogP contribution in [0.3, 0.4) is 0 Å². The van der Waals surface area contributed by atoms with Gasteiger partial charge in [0.25, 0.3) is 0 Å². The van der Waals surface area contributed by atoms with Crippen molar-refractivity contribution in [1.29, 1.82) is 5.26 Å². The van der Waals surface area contributed by atoms with Gasteiger partial charge in [-0.15, -0.1) is 0 Å². The summed E-state index contributed by atoms with van der Waals surface area (Å²) in [5, 5.41) is 8.42. The second-order valence-electron chi connectivity index (χ2n) is 2.45. The van der Waals surface area contributed by atoms with Gasteiger partial charge in [0.1, 0.15) is 12.4 Å². The van der Waals surface area contributed by atoms with Crippen LogP contribution in [0, 0.1) is 24.2 Å². The van der Waals surface area contributed by atoms with E-state index in [2.05, 4.69) is 6.92 Å². The molecule has 1 aromatic carbocycles. The minimum atomic E-state index is -0.301. The molecule has 0 heterocycles. The van der Waals surface area contributed by atoms with E-state index in [0.717, 1.165) is 5.75 Å². The van der Waals surface area contributed by atoms with Gasteiger partial charge in [0.15, 0.2) is 0 Å². The fourth-order valence-electron chi connectivity index (χ4n) is 0.751. The molecule has 0 aromatic heterocycles. The van der Waals surface area contributed by atoms with Gasteiger partial charge in [-0.05, 0) is 19.1 Å². The molecular formula is C10H10NO. The average Bonchev–Trinajstić information content (AvgIpc) is 2.16. The van der Waals surface area contributed by atoms with Gasteiger partial charge in [-0.1, -0.05) is 18.2 Å². The molecule has 0 bridgehead atoms. The lowest BCUT2D eigenvalue weighted by Crippen LogP contribution is -2.06. The Morgan fingerprint density at radius 3 is 2.67 bits per heavy atom. The van der Waals surface area contributed by atoms with Crippen molar-refractivity contribution < 1.29 is 4.74 Å². The first-order valence-corrected chi connectivity index (χ1v) is 3.73. The average molecular weight is 160 g/mol. The summed E-state index contributed by atoms with van der Waals surface area (Å²) in [7, 11) is 0. The second-order valence-corrected chi connectivity index (χ2v) is 2.45. The molecule has 2 heteroatoms. The third-order valence-corrected chi connectivity index (χ3v) is 1.38. The van der Waals surface area contributed by atoms with Gasteiger partial charge < -0.3 is 4.74 Å². The standard InChI is InChI=1S/C10H10NO/c1-9(7-11)8-12-10-5-3-2-4-6-10/h2-6,9H,1,8H2. The monoisotopic (exact) mass is 160 g/mol. The molecule has 0 aliphatic carbocycles. The van der Waals surface area contributed by atoms with E-state index >= 15 is 0 Å². The number of hydrogen-bond acceptors (Lipinski definition) is 2. The molecule has 0 aliphatic rings. The Morgan fingerprint density at radius 1 is 1.42 bits per heavy atom. The number of hydrogen-bond donors (Lipinski definition) is 0. The Morgan fingerprint density at radius 2 is 2.08 bits per heavy atom. The van der Waals surface area contributed by atoms with Gasteiger partial charge in [0.05, 0.1) is 12.0 Å². The maximum atomic E-state index is 8.42. The SMILES string of the molecule is [CH2]C(C#N)COc1ccccc1. The summed E-state index contributed by atoms with van der Waals surface area (Å²) in [6.07, 6.45) is 0. The summed E-state index contributed by atoms with van der Waals surface area (Å²) >= 11 is 0. The Bertz CT molecular complexity index is 263. The molecule has 0 amide bonds. The molecule has 0 saturated carbocycles. The van der Waals surface area contributed by atoms with Crippen LogP contribution in [0.15, 0.2) is 30.3 Å². The highest BCUT2D eigenvalue weighted by atomic mass is 16.5. The first kappa shape index (κ1) is 8.61. The zero-order valence-electron chi connectivity index (χ0n) is 6.73. The first-order valence-electron chi connectivity index (χ1n) is 3.73.